The second-order valence-corrected chi connectivity index (χ2v) is 8.26. The molecule has 4 aromatic heterocycles. The second kappa shape index (κ2) is 6.58. The van der Waals surface area contributed by atoms with E-state index in [9.17, 15) is 9.18 Å². The number of aromatic nitrogens is 3. The number of rotatable bonds is 3. The molecule has 1 amide bonds. The van der Waals surface area contributed by atoms with Crippen LogP contribution in [0.4, 0.5) is 10.2 Å². The zero-order chi connectivity index (χ0) is 17.4. The van der Waals surface area contributed by atoms with Gasteiger partial charge in [0.1, 0.15) is 27.0 Å². The van der Waals surface area contributed by atoms with Crippen LogP contribution in [0.25, 0.3) is 21.7 Å². The molecule has 0 radical (unpaired) electrons. The van der Waals surface area contributed by atoms with Gasteiger partial charge in [-0.1, -0.05) is 6.07 Å². The molecule has 4 heterocycles. The minimum absolute atomic E-state index is 0.00625. The lowest BCUT2D eigenvalue weighted by molar-refractivity contribution is 0.102. The minimum Gasteiger partial charge on any atom is -0.305 e. The molecule has 5 nitrogen and oxygen atoms in total. The van der Waals surface area contributed by atoms with E-state index in [4.69, 9.17) is 0 Å². The van der Waals surface area contributed by atoms with Crippen LogP contribution in [0, 0.1) is 5.82 Å². The number of pyridine rings is 1. The van der Waals surface area contributed by atoms with E-state index in [1.54, 1.807) is 18.3 Å². The fourth-order valence-corrected chi connectivity index (χ4v) is 4.33. The quantitative estimate of drug-likeness (QED) is 0.494. The monoisotopic (exact) mass is 434 g/mol. The van der Waals surface area contributed by atoms with Crippen LogP contribution >= 0.6 is 38.6 Å². The summed E-state index contributed by atoms with van der Waals surface area (Å²) in [7, 11) is 0. The summed E-state index contributed by atoms with van der Waals surface area (Å²) < 4.78 is 14.4. The highest BCUT2D eigenvalue weighted by atomic mass is 79.9. The fourth-order valence-electron chi connectivity index (χ4n) is 2.22. The molecule has 0 saturated heterocycles. The smallest absolute Gasteiger partial charge is 0.269 e. The molecule has 0 aliphatic rings. The highest BCUT2D eigenvalue weighted by Crippen LogP contribution is 2.30. The lowest BCUT2D eigenvalue weighted by atomic mass is 10.3. The molecule has 0 bridgehead atoms. The van der Waals surface area contributed by atoms with Crippen LogP contribution in [-0.4, -0.2) is 20.9 Å². The Morgan fingerprint density at radius 3 is 2.84 bits per heavy atom. The van der Waals surface area contributed by atoms with Crippen LogP contribution in [0.5, 0.6) is 0 Å². The van der Waals surface area contributed by atoms with Crippen molar-refractivity contribution in [2.45, 2.75) is 0 Å². The van der Waals surface area contributed by atoms with Crippen molar-refractivity contribution in [1.82, 2.24) is 15.0 Å². The standard InChI is InChI=1S/C16H8BrFN4OS2/c17-11-7-9(18)12(25-11)15(23)21-13-8-4-6-24-16(8)22-14(20-13)10-3-1-2-5-19-10/h1-7H,(H,20,21,22,23). The van der Waals surface area contributed by atoms with Gasteiger partial charge in [0.2, 0.25) is 0 Å². The van der Waals surface area contributed by atoms with Crippen molar-refractivity contribution in [2.75, 3.05) is 5.32 Å². The molecular weight excluding hydrogens is 427 g/mol. The zero-order valence-electron chi connectivity index (χ0n) is 12.4. The lowest BCUT2D eigenvalue weighted by Gasteiger charge is -2.07. The summed E-state index contributed by atoms with van der Waals surface area (Å²) in [6.45, 7) is 0. The number of hydrogen-bond acceptors (Lipinski definition) is 6. The summed E-state index contributed by atoms with van der Waals surface area (Å²) in [6, 6.07) is 8.50. The second-order valence-electron chi connectivity index (χ2n) is 4.93. The first-order chi connectivity index (χ1) is 12.1. The Morgan fingerprint density at radius 1 is 1.24 bits per heavy atom. The third kappa shape index (κ3) is 3.17. The Hall–Kier alpha value is -2.23. The maximum Gasteiger partial charge on any atom is 0.269 e. The fraction of sp³-hybridized carbons (Fsp3) is 0. The van der Waals surface area contributed by atoms with E-state index in [1.807, 2.05) is 17.5 Å². The molecule has 25 heavy (non-hydrogen) atoms. The third-order valence-corrected chi connectivity index (χ3v) is 5.73. The van der Waals surface area contributed by atoms with Gasteiger partial charge >= 0.3 is 0 Å². The molecule has 0 aliphatic heterocycles. The van der Waals surface area contributed by atoms with Crippen LogP contribution in [-0.2, 0) is 0 Å². The van der Waals surface area contributed by atoms with Gasteiger partial charge in [0.15, 0.2) is 5.82 Å². The number of fused-ring (bicyclic) bond motifs is 1. The van der Waals surface area contributed by atoms with E-state index in [1.165, 1.54) is 17.4 Å². The molecular formula is C16H8BrFN4OS2. The average molecular weight is 435 g/mol. The largest absolute Gasteiger partial charge is 0.305 e. The molecule has 0 atom stereocenters. The Morgan fingerprint density at radius 2 is 2.12 bits per heavy atom. The van der Waals surface area contributed by atoms with Crippen molar-refractivity contribution >= 4 is 60.5 Å². The van der Waals surface area contributed by atoms with Crippen LogP contribution < -0.4 is 5.32 Å². The molecule has 9 heteroatoms. The Balaban J connectivity index is 1.77. The molecule has 124 valence electrons. The van der Waals surface area contributed by atoms with Crippen molar-refractivity contribution < 1.29 is 9.18 Å². The van der Waals surface area contributed by atoms with Gasteiger partial charge in [0.05, 0.1) is 9.17 Å². The predicted octanol–water partition coefficient (Wildman–Crippen LogP) is 4.97. The van der Waals surface area contributed by atoms with Gasteiger partial charge in [-0.2, -0.15) is 0 Å². The summed E-state index contributed by atoms with van der Waals surface area (Å²) in [5, 5.41) is 5.25. The number of thiophene rings is 2. The van der Waals surface area contributed by atoms with Gasteiger partial charge in [-0.25, -0.2) is 14.4 Å². The van der Waals surface area contributed by atoms with Gasteiger partial charge in [-0.15, -0.1) is 22.7 Å². The first-order valence-electron chi connectivity index (χ1n) is 7.04. The minimum atomic E-state index is -0.574. The van der Waals surface area contributed by atoms with E-state index in [0.29, 0.717) is 26.5 Å². The van der Waals surface area contributed by atoms with E-state index in [-0.39, 0.29) is 4.88 Å². The first kappa shape index (κ1) is 16.2. The van der Waals surface area contributed by atoms with E-state index in [0.717, 1.165) is 16.2 Å². The summed E-state index contributed by atoms with van der Waals surface area (Å²) in [5.41, 5.74) is 0.596. The Kier molecular flexibility index (Phi) is 4.28. The SMILES string of the molecule is O=C(Nc1nc(-c2ccccn2)nc2sccc12)c1sc(Br)cc1F. The highest BCUT2D eigenvalue weighted by Gasteiger charge is 2.19. The number of hydrogen-bond donors (Lipinski definition) is 1. The molecule has 0 aromatic carbocycles. The van der Waals surface area contributed by atoms with Crippen LogP contribution in [0.3, 0.4) is 0 Å². The number of nitrogens with zero attached hydrogens (tertiary/aromatic N) is 3. The maximum absolute atomic E-state index is 13.8. The molecule has 0 saturated carbocycles. The number of carbonyl (C=O) groups is 1. The molecule has 4 rings (SSSR count). The van der Waals surface area contributed by atoms with Crippen molar-refractivity contribution in [3.05, 3.63) is 56.4 Å². The number of halogens is 2. The normalized spacial score (nSPS) is 11.0. The van der Waals surface area contributed by atoms with Crippen molar-refractivity contribution in [3.63, 3.8) is 0 Å². The van der Waals surface area contributed by atoms with E-state index >= 15 is 0 Å². The Bertz CT molecular complexity index is 1080. The van der Waals surface area contributed by atoms with Gasteiger partial charge in [0.25, 0.3) is 5.91 Å². The van der Waals surface area contributed by atoms with E-state index < -0.39 is 11.7 Å². The average Bonchev–Trinajstić information content (AvgIpc) is 3.21. The predicted molar refractivity (Wildman–Crippen MR) is 101 cm³/mol. The van der Waals surface area contributed by atoms with Crippen LogP contribution in [0.15, 0.2) is 45.7 Å². The molecule has 4 aromatic rings. The number of nitrogens with one attached hydrogen (secondary N) is 1. The van der Waals surface area contributed by atoms with Gasteiger partial charge in [0, 0.05) is 6.20 Å². The first-order valence-corrected chi connectivity index (χ1v) is 9.53. The zero-order valence-corrected chi connectivity index (χ0v) is 15.6. The summed E-state index contributed by atoms with van der Waals surface area (Å²) in [5.74, 6) is -0.388. The van der Waals surface area contributed by atoms with Crippen LogP contribution in [0.2, 0.25) is 0 Å². The molecule has 0 fully saturated rings. The summed E-state index contributed by atoms with van der Waals surface area (Å²) in [4.78, 5) is 26.3. The summed E-state index contributed by atoms with van der Waals surface area (Å²) >= 11 is 5.64. The van der Waals surface area contributed by atoms with Crippen molar-refractivity contribution in [1.29, 1.82) is 0 Å². The van der Waals surface area contributed by atoms with Crippen LogP contribution in [0.1, 0.15) is 9.67 Å². The molecule has 0 unspecified atom stereocenters. The van der Waals surface area contributed by atoms with Gasteiger partial charge in [-0.3, -0.25) is 9.78 Å². The van der Waals surface area contributed by atoms with Crippen molar-refractivity contribution in [2.24, 2.45) is 0 Å². The Labute approximate surface area is 157 Å². The van der Waals surface area contributed by atoms with E-state index in [2.05, 4.69) is 36.2 Å². The van der Waals surface area contributed by atoms with Crippen molar-refractivity contribution in [3.8, 4) is 11.5 Å². The number of amides is 1. The highest BCUT2D eigenvalue weighted by molar-refractivity contribution is 9.11. The maximum atomic E-state index is 13.8. The topological polar surface area (TPSA) is 67.8 Å². The third-order valence-electron chi connectivity index (χ3n) is 3.31. The summed E-state index contributed by atoms with van der Waals surface area (Å²) in [6.07, 6.45) is 1.65. The molecule has 1 N–H and O–H groups in total. The number of carbonyl (C=O) groups excluding carboxylic acids is 1. The van der Waals surface area contributed by atoms with Gasteiger partial charge < -0.3 is 5.32 Å². The number of anilines is 1. The molecule has 0 aliphatic carbocycles. The molecule has 0 spiro atoms. The van der Waals surface area contributed by atoms with Gasteiger partial charge in [-0.05, 0) is 45.6 Å². The lowest BCUT2D eigenvalue weighted by Crippen LogP contribution is -2.13.